The van der Waals surface area contributed by atoms with Crippen LogP contribution in [0.4, 0.5) is 5.69 Å². The Labute approximate surface area is 139 Å². The first-order valence-electron chi connectivity index (χ1n) is 7.65. The van der Waals surface area contributed by atoms with Gasteiger partial charge in [0.25, 0.3) is 0 Å². The van der Waals surface area contributed by atoms with Crippen LogP contribution in [0.3, 0.4) is 0 Å². The number of rotatable bonds is 2. The van der Waals surface area contributed by atoms with Crippen molar-refractivity contribution >= 4 is 39.1 Å². The predicted octanol–water partition coefficient (Wildman–Crippen LogP) is 5.49. The van der Waals surface area contributed by atoms with Gasteiger partial charge in [-0.15, -0.1) is 0 Å². The fraction of sp³-hybridized carbons (Fsp3) is 0.588. The smallest absolute Gasteiger partial charge is 0.228 e. The first-order valence-corrected chi connectivity index (χ1v) is 8.94. The van der Waals surface area contributed by atoms with Crippen molar-refractivity contribution in [3.05, 3.63) is 28.3 Å². The van der Waals surface area contributed by atoms with Crippen molar-refractivity contribution in [3.8, 4) is 0 Å². The van der Waals surface area contributed by atoms with Gasteiger partial charge in [-0.3, -0.25) is 4.79 Å². The van der Waals surface area contributed by atoms with Gasteiger partial charge in [0.2, 0.25) is 5.91 Å². The van der Waals surface area contributed by atoms with E-state index >= 15 is 0 Å². The number of fused-ring (bicyclic) bond motifs is 1. The largest absolute Gasteiger partial charge is 0.325 e. The van der Waals surface area contributed by atoms with Gasteiger partial charge in [-0.05, 0) is 41.4 Å². The number of hydrogen-bond donors (Lipinski definition) is 1. The fourth-order valence-electron chi connectivity index (χ4n) is 3.76. The van der Waals surface area contributed by atoms with Crippen molar-refractivity contribution in [3.63, 3.8) is 0 Å². The van der Waals surface area contributed by atoms with Gasteiger partial charge in [-0.1, -0.05) is 60.3 Å². The van der Waals surface area contributed by atoms with Gasteiger partial charge in [0.1, 0.15) is 0 Å². The minimum absolute atomic E-state index is 0.0577. The lowest BCUT2D eigenvalue weighted by atomic mass is 9.66. The molecule has 0 bridgehead atoms. The van der Waals surface area contributed by atoms with Crippen LogP contribution in [0.25, 0.3) is 0 Å². The van der Waals surface area contributed by atoms with E-state index in [4.69, 9.17) is 11.6 Å². The molecule has 21 heavy (non-hydrogen) atoms. The topological polar surface area (TPSA) is 29.1 Å². The molecule has 0 spiro atoms. The highest BCUT2D eigenvalue weighted by molar-refractivity contribution is 9.09. The van der Waals surface area contributed by atoms with Gasteiger partial charge < -0.3 is 5.32 Å². The maximum absolute atomic E-state index is 11.5. The van der Waals surface area contributed by atoms with E-state index in [1.165, 1.54) is 25.7 Å². The summed E-state index contributed by atoms with van der Waals surface area (Å²) in [6.45, 7) is 4.72. The molecule has 2 atom stereocenters. The predicted molar refractivity (Wildman–Crippen MR) is 91.2 cm³/mol. The summed E-state index contributed by atoms with van der Waals surface area (Å²) in [4.78, 5) is 11.8. The van der Waals surface area contributed by atoms with Crippen molar-refractivity contribution in [1.82, 2.24) is 0 Å². The van der Waals surface area contributed by atoms with E-state index in [1.54, 1.807) is 0 Å². The number of nitrogens with one attached hydrogen (secondary N) is 1. The van der Waals surface area contributed by atoms with Crippen LogP contribution >= 0.6 is 27.5 Å². The maximum Gasteiger partial charge on any atom is 0.228 e. The van der Waals surface area contributed by atoms with Gasteiger partial charge in [-0.25, -0.2) is 0 Å². The molecule has 2 unspecified atom stereocenters. The minimum atomic E-state index is 0.0577. The van der Waals surface area contributed by atoms with Crippen molar-refractivity contribution in [2.24, 2.45) is 11.3 Å². The third-order valence-corrected chi connectivity index (χ3v) is 6.55. The summed E-state index contributed by atoms with van der Waals surface area (Å²) in [6.07, 6.45) is 5.57. The molecular weight excluding hydrogens is 350 g/mol. The van der Waals surface area contributed by atoms with Crippen molar-refractivity contribution < 1.29 is 4.79 Å². The first-order chi connectivity index (χ1) is 9.88. The lowest BCUT2D eigenvalue weighted by Crippen LogP contribution is -2.30. The van der Waals surface area contributed by atoms with Gasteiger partial charge in [0.05, 0.1) is 6.42 Å². The Hall–Kier alpha value is -0.540. The Kier molecular flexibility index (Phi) is 4.08. The van der Waals surface area contributed by atoms with Crippen molar-refractivity contribution in [2.75, 3.05) is 5.32 Å². The molecule has 1 aliphatic heterocycles. The molecule has 114 valence electrons. The van der Waals surface area contributed by atoms with E-state index in [1.807, 2.05) is 6.07 Å². The molecule has 2 aliphatic rings. The number of benzene rings is 1. The second-order valence-electron chi connectivity index (χ2n) is 7.00. The molecule has 1 heterocycles. The summed E-state index contributed by atoms with van der Waals surface area (Å²) in [5, 5.41) is 3.61. The molecule has 3 rings (SSSR count). The highest BCUT2D eigenvalue weighted by Crippen LogP contribution is 2.51. The molecule has 1 fully saturated rings. The Morgan fingerprint density at radius 1 is 1.38 bits per heavy atom. The number of amides is 1. The van der Waals surface area contributed by atoms with Gasteiger partial charge >= 0.3 is 0 Å². The molecule has 0 saturated heterocycles. The lowest BCUT2D eigenvalue weighted by molar-refractivity contribution is -0.115. The SMILES string of the molecule is CC1(C)CCCCC1C(Br)c1cc2c(cc1Cl)NC(=O)C2. The van der Waals surface area contributed by atoms with Crippen LogP contribution in [0, 0.1) is 11.3 Å². The summed E-state index contributed by atoms with van der Waals surface area (Å²) in [7, 11) is 0. The summed E-state index contributed by atoms with van der Waals surface area (Å²) in [6, 6.07) is 4.01. The van der Waals surface area contributed by atoms with Crippen LogP contribution in [0.5, 0.6) is 0 Å². The maximum atomic E-state index is 11.5. The molecule has 0 radical (unpaired) electrons. The highest BCUT2D eigenvalue weighted by Gasteiger charge is 2.38. The van der Waals surface area contributed by atoms with Crippen molar-refractivity contribution in [1.29, 1.82) is 0 Å². The Bertz CT molecular complexity index is 584. The van der Waals surface area contributed by atoms with E-state index in [-0.39, 0.29) is 10.7 Å². The van der Waals surface area contributed by atoms with E-state index < -0.39 is 0 Å². The summed E-state index contributed by atoms with van der Waals surface area (Å²) < 4.78 is 0. The standard InChI is InChI=1S/C17H21BrClNO/c1-17(2)6-4-3-5-12(17)16(18)11-7-10-8-15(21)20-14(10)9-13(11)19/h7,9,12,16H,3-6,8H2,1-2H3,(H,20,21). The van der Waals surface area contributed by atoms with Crippen LogP contribution in [0.1, 0.15) is 55.5 Å². The van der Waals surface area contributed by atoms with Crippen LogP contribution in [0.15, 0.2) is 12.1 Å². The number of hydrogen-bond acceptors (Lipinski definition) is 1. The quantitative estimate of drug-likeness (QED) is 0.685. The third-order valence-electron chi connectivity index (χ3n) is 5.09. The van der Waals surface area contributed by atoms with E-state index in [2.05, 4.69) is 41.2 Å². The van der Waals surface area contributed by atoms with Crippen LogP contribution < -0.4 is 5.32 Å². The molecule has 1 aromatic rings. The third kappa shape index (κ3) is 2.87. The zero-order valence-corrected chi connectivity index (χ0v) is 14.9. The Morgan fingerprint density at radius 3 is 2.86 bits per heavy atom. The molecule has 1 aromatic carbocycles. The normalized spacial score (nSPS) is 25.3. The number of carbonyl (C=O) groups is 1. The molecule has 2 nitrogen and oxygen atoms in total. The zero-order chi connectivity index (χ0) is 15.2. The number of carbonyl (C=O) groups excluding carboxylic acids is 1. The Morgan fingerprint density at radius 2 is 2.14 bits per heavy atom. The molecular formula is C17H21BrClNO. The first kappa shape index (κ1) is 15.4. The fourth-order valence-corrected chi connectivity index (χ4v) is 5.53. The summed E-state index contributed by atoms with van der Waals surface area (Å²) in [5.41, 5.74) is 3.39. The van der Waals surface area contributed by atoms with Gasteiger partial charge in [0, 0.05) is 15.5 Å². The number of halogens is 2. The zero-order valence-electron chi connectivity index (χ0n) is 12.5. The average Bonchev–Trinajstić information content (AvgIpc) is 2.75. The molecule has 1 aliphatic carbocycles. The van der Waals surface area contributed by atoms with Crippen LogP contribution in [0.2, 0.25) is 5.02 Å². The van der Waals surface area contributed by atoms with Gasteiger partial charge in [0.15, 0.2) is 0 Å². The molecule has 4 heteroatoms. The summed E-state index contributed by atoms with van der Waals surface area (Å²) in [5.74, 6) is 0.634. The molecule has 1 N–H and O–H groups in total. The highest BCUT2D eigenvalue weighted by atomic mass is 79.9. The second-order valence-corrected chi connectivity index (χ2v) is 8.39. The number of anilines is 1. The average molecular weight is 371 g/mol. The van der Waals surface area contributed by atoms with E-state index in [0.29, 0.717) is 17.8 Å². The monoisotopic (exact) mass is 369 g/mol. The van der Waals surface area contributed by atoms with Gasteiger partial charge in [-0.2, -0.15) is 0 Å². The summed E-state index contributed by atoms with van der Waals surface area (Å²) >= 11 is 10.4. The van der Waals surface area contributed by atoms with Crippen molar-refractivity contribution in [2.45, 2.75) is 50.8 Å². The molecule has 0 aromatic heterocycles. The minimum Gasteiger partial charge on any atom is -0.325 e. The van der Waals surface area contributed by atoms with Crippen LogP contribution in [-0.4, -0.2) is 5.91 Å². The van der Waals surface area contributed by atoms with E-state index in [9.17, 15) is 4.79 Å². The van der Waals surface area contributed by atoms with E-state index in [0.717, 1.165) is 21.8 Å². The molecule has 1 saturated carbocycles. The Balaban J connectivity index is 1.93. The molecule has 1 amide bonds. The second kappa shape index (κ2) is 5.58. The number of alkyl halides is 1. The van der Waals surface area contributed by atoms with Crippen LogP contribution in [-0.2, 0) is 11.2 Å². The lowest BCUT2D eigenvalue weighted by Gasteiger charge is -2.41.